The molecule has 136 valence electrons. The van der Waals surface area contributed by atoms with Gasteiger partial charge in [0.15, 0.2) is 0 Å². The van der Waals surface area contributed by atoms with Crippen LogP contribution in [-0.2, 0) is 0 Å². The molecule has 0 aliphatic heterocycles. The first-order valence-electron chi connectivity index (χ1n) is 8.63. The van der Waals surface area contributed by atoms with Gasteiger partial charge in [0.05, 0.1) is 0 Å². The van der Waals surface area contributed by atoms with Crippen LogP contribution in [0.15, 0.2) is 72.8 Å². The molecule has 3 aromatic carbocycles. The van der Waals surface area contributed by atoms with Crippen molar-refractivity contribution in [1.29, 1.82) is 0 Å². The van der Waals surface area contributed by atoms with Crippen LogP contribution in [0, 0.1) is 13.8 Å². The monoisotopic (exact) mass is 359 g/mol. The summed E-state index contributed by atoms with van der Waals surface area (Å²) in [6, 6.07) is 21.6. The number of carbonyl (C=O) groups is 2. The Morgan fingerprint density at radius 1 is 0.667 bits per heavy atom. The van der Waals surface area contributed by atoms with E-state index in [1.54, 1.807) is 36.4 Å². The molecule has 3 amide bonds. The van der Waals surface area contributed by atoms with E-state index in [4.69, 9.17) is 0 Å². The van der Waals surface area contributed by atoms with Gasteiger partial charge in [0, 0.05) is 22.6 Å². The highest BCUT2D eigenvalue weighted by Crippen LogP contribution is 2.18. The fourth-order valence-corrected chi connectivity index (χ4v) is 2.76. The summed E-state index contributed by atoms with van der Waals surface area (Å²) >= 11 is 0. The number of carbonyl (C=O) groups excluding carboxylic acids is 2. The third-order valence-corrected chi connectivity index (χ3v) is 4.04. The number of hydrogen-bond donors (Lipinski definition) is 3. The van der Waals surface area contributed by atoms with Crippen LogP contribution in [0.3, 0.4) is 0 Å². The van der Waals surface area contributed by atoms with Crippen LogP contribution >= 0.6 is 0 Å². The summed E-state index contributed by atoms with van der Waals surface area (Å²) in [6.45, 7) is 3.90. The summed E-state index contributed by atoms with van der Waals surface area (Å²) in [5.74, 6) is -0.182. The lowest BCUT2D eigenvalue weighted by Gasteiger charge is -2.11. The van der Waals surface area contributed by atoms with Crippen molar-refractivity contribution in [3.8, 4) is 0 Å². The molecule has 5 heteroatoms. The predicted octanol–water partition coefficient (Wildman–Crippen LogP) is 5.20. The zero-order valence-electron chi connectivity index (χ0n) is 15.2. The highest BCUT2D eigenvalue weighted by Gasteiger charge is 2.10. The Bertz CT molecular complexity index is 968. The standard InChI is InChI=1S/C22H21N3O2/c1-15-11-12-20(16(2)13-15)21(26)23-18-9-6-10-19(14-18)25-22(27)24-17-7-4-3-5-8-17/h3-14H,1-2H3,(H,23,26)(H2,24,25,27). The van der Waals surface area contributed by atoms with Crippen molar-refractivity contribution in [3.05, 3.63) is 89.5 Å². The molecule has 0 aliphatic carbocycles. The number of anilines is 3. The Balaban J connectivity index is 1.66. The largest absolute Gasteiger partial charge is 0.323 e. The first-order chi connectivity index (χ1) is 13.0. The molecule has 0 aliphatic rings. The van der Waals surface area contributed by atoms with E-state index < -0.39 is 0 Å². The predicted molar refractivity (Wildman–Crippen MR) is 109 cm³/mol. The summed E-state index contributed by atoms with van der Waals surface area (Å²) in [5.41, 5.74) is 4.55. The minimum absolute atomic E-state index is 0.182. The van der Waals surface area contributed by atoms with Crippen LogP contribution in [0.1, 0.15) is 21.5 Å². The second-order valence-corrected chi connectivity index (χ2v) is 6.30. The molecular formula is C22H21N3O2. The van der Waals surface area contributed by atoms with Crippen LogP contribution in [0.25, 0.3) is 0 Å². The van der Waals surface area contributed by atoms with Gasteiger partial charge in [0.25, 0.3) is 5.91 Å². The number of nitrogens with one attached hydrogen (secondary N) is 3. The van der Waals surface area contributed by atoms with Gasteiger partial charge in [-0.1, -0.05) is 42.0 Å². The van der Waals surface area contributed by atoms with E-state index in [9.17, 15) is 9.59 Å². The van der Waals surface area contributed by atoms with Gasteiger partial charge in [-0.25, -0.2) is 4.79 Å². The first-order valence-corrected chi connectivity index (χ1v) is 8.63. The van der Waals surface area contributed by atoms with E-state index in [-0.39, 0.29) is 11.9 Å². The SMILES string of the molecule is Cc1ccc(C(=O)Nc2cccc(NC(=O)Nc3ccccc3)c2)c(C)c1. The van der Waals surface area contributed by atoms with Crippen molar-refractivity contribution in [1.82, 2.24) is 0 Å². The molecule has 0 heterocycles. The summed E-state index contributed by atoms with van der Waals surface area (Å²) in [6.07, 6.45) is 0. The highest BCUT2D eigenvalue weighted by molar-refractivity contribution is 6.06. The zero-order valence-corrected chi connectivity index (χ0v) is 15.2. The van der Waals surface area contributed by atoms with E-state index in [2.05, 4.69) is 16.0 Å². The van der Waals surface area contributed by atoms with Gasteiger partial charge in [-0.3, -0.25) is 4.79 Å². The number of aryl methyl sites for hydroxylation is 2. The van der Waals surface area contributed by atoms with Crippen LogP contribution in [0.2, 0.25) is 0 Å². The van der Waals surface area contributed by atoms with E-state index in [1.807, 2.05) is 50.2 Å². The number of hydrogen-bond acceptors (Lipinski definition) is 2. The lowest BCUT2D eigenvalue weighted by Crippen LogP contribution is -2.19. The van der Waals surface area contributed by atoms with Crippen LogP contribution in [-0.4, -0.2) is 11.9 Å². The first kappa shape index (κ1) is 18.2. The van der Waals surface area contributed by atoms with Crippen LogP contribution < -0.4 is 16.0 Å². The van der Waals surface area contributed by atoms with Crippen LogP contribution in [0.4, 0.5) is 21.9 Å². The third-order valence-electron chi connectivity index (χ3n) is 4.04. The van der Waals surface area contributed by atoms with Gasteiger partial charge < -0.3 is 16.0 Å². The van der Waals surface area contributed by atoms with E-state index in [0.29, 0.717) is 22.6 Å². The molecule has 0 bridgehead atoms. The average molecular weight is 359 g/mol. The van der Waals surface area contributed by atoms with E-state index in [1.165, 1.54) is 0 Å². The minimum Gasteiger partial charge on any atom is -0.322 e. The van der Waals surface area contributed by atoms with Gasteiger partial charge in [-0.05, 0) is 55.8 Å². The maximum Gasteiger partial charge on any atom is 0.323 e. The van der Waals surface area contributed by atoms with E-state index >= 15 is 0 Å². The highest BCUT2D eigenvalue weighted by atomic mass is 16.2. The molecule has 5 nitrogen and oxygen atoms in total. The molecule has 0 unspecified atom stereocenters. The van der Waals surface area contributed by atoms with Crippen molar-refractivity contribution in [2.75, 3.05) is 16.0 Å². The number of rotatable bonds is 4. The lowest BCUT2D eigenvalue weighted by molar-refractivity contribution is 0.102. The molecule has 3 aromatic rings. The van der Waals surface area contributed by atoms with Crippen molar-refractivity contribution in [3.63, 3.8) is 0 Å². The molecule has 0 saturated heterocycles. The molecule has 0 radical (unpaired) electrons. The number of benzene rings is 3. The molecular weight excluding hydrogens is 338 g/mol. The minimum atomic E-state index is -0.348. The van der Waals surface area contributed by atoms with Crippen molar-refractivity contribution in [2.45, 2.75) is 13.8 Å². The molecule has 0 saturated carbocycles. The summed E-state index contributed by atoms with van der Waals surface area (Å²) < 4.78 is 0. The Morgan fingerprint density at radius 2 is 1.30 bits per heavy atom. The normalized spacial score (nSPS) is 10.1. The van der Waals surface area contributed by atoms with Crippen molar-refractivity contribution >= 4 is 29.0 Å². The van der Waals surface area contributed by atoms with Gasteiger partial charge in [-0.15, -0.1) is 0 Å². The Morgan fingerprint density at radius 3 is 2.00 bits per heavy atom. The quantitative estimate of drug-likeness (QED) is 0.599. The maximum atomic E-state index is 12.5. The number of amides is 3. The van der Waals surface area contributed by atoms with Crippen LogP contribution in [0.5, 0.6) is 0 Å². The fourth-order valence-electron chi connectivity index (χ4n) is 2.76. The van der Waals surface area contributed by atoms with Crippen molar-refractivity contribution in [2.24, 2.45) is 0 Å². The molecule has 0 spiro atoms. The molecule has 0 atom stereocenters. The smallest absolute Gasteiger partial charge is 0.322 e. The summed E-state index contributed by atoms with van der Waals surface area (Å²) in [4.78, 5) is 24.6. The summed E-state index contributed by atoms with van der Waals surface area (Å²) in [5, 5.41) is 8.38. The van der Waals surface area contributed by atoms with Gasteiger partial charge in [0.2, 0.25) is 0 Å². The topological polar surface area (TPSA) is 70.2 Å². The second kappa shape index (κ2) is 8.19. The fraction of sp³-hybridized carbons (Fsp3) is 0.0909. The maximum absolute atomic E-state index is 12.5. The Labute approximate surface area is 158 Å². The van der Waals surface area contributed by atoms with Gasteiger partial charge >= 0.3 is 6.03 Å². The third kappa shape index (κ3) is 4.95. The van der Waals surface area contributed by atoms with Gasteiger partial charge in [-0.2, -0.15) is 0 Å². The molecule has 27 heavy (non-hydrogen) atoms. The molecule has 3 N–H and O–H groups in total. The number of para-hydroxylation sites is 1. The Hall–Kier alpha value is -3.60. The van der Waals surface area contributed by atoms with Crippen molar-refractivity contribution < 1.29 is 9.59 Å². The number of urea groups is 1. The molecule has 3 rings (SSSR count). The second-order valence-electron chi connectivity index (χ2n) is 6.30. The average Bonchev–Trinajstić information content (AvgIpc) is 2.62. The van der Waals surface area contributed by atoms with E-state index in [0.717, 1.165) is 11.1 Å². The zero-order chi connectivity index (χ0) is 19.2. The summed E-state index contributed by atoms with van der Waals surface area (Å²) in [7, 11) is 0. The molecule has 0 aromatic heterocycles. The van der Waals surface area contributed by atoms with Gasteiger partial charge in [0.1, 0.15) is 0 Å². The molecule has 0 fully saturated rings. The lowest BCUT2D eigenvalue weighted by atomic mass is 10.1. The Kier molecular flexibility index (Phi) is 5.52.